The number of likely N-dealkylation sites (N-methyl/N-ethyl adjacent to an activating group) is 1. The monoisotopic (exact) mass is 219 g/mol. The van der Waals surface area contributed by atoms with Crippen LogP contribution in [0.2, 0.25) is 0 Å². The van der Waals surface area contributed by atoms with Gasteiger partial charge in [-0.2, -0.15) is 0 Å². The summed E-state index contributed by atoms with van der Waals surface area (Å²) in [7, 11) is 2.09. The van der Waals surface area contributed by atoms with Crippen LogP contribution in [0.25, 0.3) is 0 Å². The minimum absolute atomic E-state index is 0.314. The molecule has 0 aromatic rings. The summed E-state index contributed by atoms with van der Waals surface area (Å²) in [6, 6.07) is 0. The van der Waals surface area contributed by atoms with Crippen LogP contribution in [0.3, 0.4) is 0 Å². The Morgan fingerprint density at radius 3 is 2.56 bits per heavy atom. The lowest BCUT2D eigenvalue weighted by Gasteiger charge is -2.44. The summed E-state index contributed by atoms with van der Waals surface area (Å²) in [6.07, 6.45) is 16.0. The van der Waals surface area contributed by atoms with Gasteiger partial charge in [-0.15, -0.1) is 6.58 Å². The fraction of sp³-hybridized carbons (Fsp3) is 0.600. The molecule has 0 spiro atoms. The third kappa shape index (κ3) is 3.08. The van der Waals surface area contributed by atoms with Gasteiger partial charge in [0.1, 0.15) is 0 Å². The highest BCUT2D eigenvalue weighted by Gasteiger charge is 2.37. The average molecular weight is 219 g/mol. The Bertz CT molecular complexity index is 264. The highest BCUT2D eigenvalue weighted by molar-refractivity contribution is 5.26. The van der Waals surface area contributed by atoms with E-state index in [4.69, 9.17) is 0 Å². The van der Waals surface area contributed by atoms with Crippen molar-refractivity contribution in [3.05, 3.63) is 36.5 Å². The highest BCUT2D eigenvalue weighted by Crippen LogP contribution is 2.39. The molecule has 1 aliphatic rings. The van der Waals surface area contributed by atoms with Crippen molar-refractivity contribution in [2.75, 3.05) is 7.05 Å². The number of allylic oxidation sites excluding steroid dienone is 4. The van der Waals surface area contributed by atoms with E-state index in [1.807, 2.05) is 6.08 Å². The molecule has 0 aromatic heterocycles. The number of hydrogen-bond acceptors (Lipinski definition) is 1. The van der Waals surface area contributed by atoms with Crippen LogP contribution in [-0.4, -0.2) is 12.6 Å². The number of nitrogens with one attached hydrogen (secondary N) is 1. The molecule has 1 aliphatic carbocycles. The Balaban J connectivity index is 2.60. The van der Waals surface area contributed by atoms with E-state index in [9.17, 15) is 0 Å². The predicted molar refractivity (Wildman–Crippen MR) is 72.6 cm³/mol. The Hall–Kier alpha value is -0.820. The molecule has 0 aromatic carbocycles. The molecular weight excluding hydrogens is 194 g/mol. The maximum Gasteiger partial charge on any atom is 0.0394 e. The van der Waals surface area contributed by atoms with E-state index in [0.29, 0.717) is 5.54 Å². The first-order valence-corrected chi connectivity index (χ1v) is 6.43. The average Bonchev–Trinajstić information content (AvgIpc) is 2.23. The smallest absolute Gasteiger partial charge is 0.0394 e. The maximum absolute atomic E-state index is 3.73. The molecule has 0 amide bonds. The predicted octanol–water partition coefficient (Wildman–Crippen LogP) is 3.99. The van der Waals surface area contributed by atoms with E-state index in [-0.39, 0.29) is 0 Å². The molecule has 1 saturated carbocycles. The van der Waals surface area contributed by atoms with Crippen LogP contribution in [0.15, 0.2) is 36.5 Å². The Morgan fingerprint density at radius 1 is 1.38 bits per heavy atom. The standard InChI is InChI=1S/C15H25N/c1-4-6-7-8-11-14(10-5-2)15(16-3)12-9-13-15/h4,7-8,10,16H,1,5-6,9,11-13H2,2-3H3/b8-7-,14-10-. The lowest BCUT2D eigenvalue weighted by Crippen LogP contribution is -2.50. The number of rotatable bonds is 7. The molecule has 90 valence electrons. The molecule has 1 N–H and O–H groups in total. The van der Waals surface area contributed by atoms with Crippen molar-refractivity contribution >= 4 is 0 Å². The zero-order valence-electron chi connectivity index (χ0n) is 10.8. The van der Waals surface area contributed by atoms with Gasteiger partial charge in [0.25, 0.3) is 0 Å². The van der Waals surface area contributed by atoms with Crippen molar-refractivity contribution in [3.8, 4) is 0 Å². The van der Waals surface area contributed by atoms with Crippen LogP contribution in [0.5, 0.6) is 0 Å². The van der Waals surface area contributed by atoms with Crippen molar-refractivity contribution in [2.45, 2.75) is 51.0 Å². The molecular formula is C15H25N. The molecule has 0 heterocycles. The molecule has 0 unspecified atom stereocenters. The van der Waals surface area contributed by atoms with Crippen molar-refractivity contribution in [1.29, 1.82) is 0 Å². The molecule has 0 radical (unpaired) electrons. The molecule has 1 fully saturated rings. The van der Waals surface area contributed by atoms with Gasteiger partial charge in [0, 0.05) is 5.54 Å². The first kappa shape index (κ1) is 13.2. The summed E-state index contributed by atoms with van der Waals surface area (Å²) in [6.45, 7) is 5.95. The van der Waals surface area contributed by atoms with Crippen LogP contribution in [0, 0.1) is 0 Å². The van der Waals surface area contributed by atoms with E-state index >= 15 is 0 Å². The highest BCUT2D eigenvalue weighted by atomic mass is 15.0. The van der Waals surface area contributed by atoms with E-state index in [1.165, 1.54) is 19.3 Å². The largest absolute Gasteiger partial charge is 0.311 e. The third-order valence-electron chi connectivity index (χ3n) is 3.56. The van der Waals surface area contributed by atoms with Crippen LogP contribution in [-0.2, 0) is 0 Å². The zero-order chi connectivity index (χ0) is 11.9. The quantitative estimate of drug-likeness (QED) is 0.638. The lowest BCUT2D eigenvalue weighted by atomic mass is 9.70. The normalized spacial score (nSPS) is 19.8. The van der Waals surface area contributed by atoms with Gasteiger partial charge in [0.2, 0.25) is 0 Å². The van der Waals surface area contributed by atoms with Crippen molar-refractivity contribution in [3.63, 3.8) is 0 Å². The molecule has 16 heavy (non-hydrogen) atoms. The van der Waals surface area contributed by atoms with E-state index in [2.05, 4.69) is 44.1 Å². The van der Waals surface area contributed by atoms with Crippen molar-refractivity contribution < 1.29 is 0 Å². The summed E-state index contributed by atoms with van der Waals surface area (Å²) in [5, 5.41) is 3.52. The first-order valence-electron chi connectivity index (χ1n) is 6.43. The van der Waals surface area contributed by atoms with Gasteiger partial charge in [-0.1, -0.05) is 36.8 Å². The zero-order valence-corrected chi connectivity index (χ0v) is 10.8. The lowest BCUT2D eigenvalue weighted by molar-refractivity contribution is 0.242. The van der Waals surface area contributed by atoms with E-state index < -0.39 is 0 Å². The molecule has 0 bridgehead atoms. The van der Waals surface area contributed by atoms with Crippen LogP contribution < -0.4 is 5.32 Å². The molecule has 1 rings (SSSR count). The summed E-state index contributed by atoms with van der Waals surface area (Å²) < 4.78 is 0. The van der Waals surface area contributed by atoms with Crippen LogP contribution in [0.1, 0.15) is 45.4 Å². The third-order valence-corrected chi connectivity index (χ3v) is 3.56. The van der Waals surface area contributed by atoms with Gasteiger partial charge in [-0.05, 0) is 45.6 Å². The minimum atomic E-state index is 0.314. The Morgan fingerprint density at radius 2 is 2.12 bits per heavy atom. The van der Waals surface area contributed by atoms with Crippen LogP contribution in [0.4, 0.5) is 0 Å². The Kier molecular flexibility index (Phi) is 5.54. The SMILES string of the molecule is C=CC/C=C\C/C(=C/CC)C1(NC)CCC1. The van der Waals surface area contributed by atoms with E-state index in [1.54, 1.807) is 5.57 Å². The Labute approximate surface area is 100 Å². The first-order chi connectivity index (χ1) is 7.79. The van der Waals surface area contributed by atoms with Gasteiger partial charge >= 0.3 is 0 Å². The van der Waals surface area contributed by atoms with Gasteiger partial charge < -0.3 is 5.32 Å². The number of hydrogen-bond donors (Lipinski definition) is 1. The van der Waals surface area contributed by atoms with Gasteiger partial charge in [0.15, 0.2) is 0 Å². The maximum atomic E-state index is 3.73. The summed E-state index contributed by atoms with van der Waals surface area (Å²) in [4.78, 5) is 0. The second kappa shape index (κ2) is 6.70. The molecule has 0 aliphatic heterocycles. The molecule has 1 nitrogen and oxygen atoms in total. The molecule has 0 saturated heterocycles. The summed E-state index contributed by atoms with van der Waals surface area (Å²) in [5.41, 5.74) is 1.89. The van der Waals surface area contributed by atoms with Gasteiger partial charge in [-0.3, -0.25) is 0 Å². The second-order valence-corrected chi connectivity index (χ2v) is 4.52. The fourth-order valence-electron chi connectivity index (χ4n) is 2.39. The topological polar surface area (TPSA) is 12.0 Å². The van der Waals surface area contributed by atoms with Crippen LogP contribution >= 0.6 is 0 Å². The summed E-state index contributed by atoms with van der Waals surface area (Å²) >= 11 is 0. The minimum Gasteiger partial charge on any atom is -0.311 e. The fourth-order valence-corrected chi connectivity index (χ4v) is 2.39. The van der Waals surface area contributed by atoms with Gasteiger partial charge in [0.05, 0.1) is 0 Å². The van der Waals surface area contributed by atoms with Crippen molar-refractivity contribution in [2.24, 2.45) is 0 Å². The van der Waals surface area contributed by atoms with E-state index in [0.717, 1.165) is 19.3 Å². The summed E-state index contributed by atoms with van der Waals surface area (Å²) in [5.74, 6) is 0. The van der Waals surface area contributed by atoms with Crippen molar-refractivity contribution in [1.82, 2.24) is 5.32 Å². The molecule has 1 heteroatoms. The second-order valence-electron chi connectivity index (χ2n) is 4.52. The van der Waals surface area contributed by atoms with Gasteiger partial charge in [-0.25, -0.2) is 0 Å². The molecule has 0 atom stereocenters.